The van der Waals surface area contributed by atoms with E-state index in [1.54, 1.807) is 56.9 Å². The standard InChI is InChI=1S/C26H29N3O5/c1-31-24-10-7-20(16-25(24)32-2)23(29-12-14-33-15-13-29)18-28-26(30)19-5-8-21(9-6-19)34-22-4-3-11-27-17-22/h3-11,16-17,23H,12-15,18H2,1-2H3,(H,28,30). The molecule has 34 heavy (non-hydrogen) atoms. The van der Waals surface area contributed by atoms with E-state index in [1.165, 1.54) is 0 Å². The average Bonchev–Trinajstić information content (AvgIpc) is 2.90. The SMILES string of the molecule is COc1ccc(C(CNC(=O)c2ccc(Oc3cccnc3)cc2)N2CCOCC2)cc1OC. The summed E-state index contributed by atoms with van der Waals surface area (Å²) >= 11 is 0. The van der Waals surface area contributed by atoms with E-state index in [4.69, 9.17) is 18.9 Å². The van der Waals surface area contributed by atoms with Crippen molar-refractivity contribution < 1.29 is 23.7 Å². The number of rotatable bonds is 9. The molecule has 1 atom stereocenters. The Morgan fingerprint density at radius 1 is 1.03 bits per heavy atom. The van der Waals surface area contributed by atoms with Crippen molar-refractivity contribution >= 4 is 5.91 Å². The Morgan fingerprint density at radius 3 is 2.47 bits per heavy atom. The van der Waals surface area contributed by atoms with Gasteiger partial charge in [-0.05, 0) is 54.1 Å². The number of amides is 1. The van der Waals surface area contributed by atoms with Gasteiger partial charge in [0, 0.05) is 31.4 Å². The minimum atomic E-state index is -0.147. The van der Waals surface area contributed by atoms with Crippen molar-refractivity contribution in [1.29, 1.82) is 0 Å². The number of morpholine rings is 1. The number of benzene rings is 2. The van der Waals surface area contributed by atoms with Crippen LogP contribution in [0.15, 0.2) is 67.0 Å². The molecule has 1 saturated heterocycles. The zero-order chi connectivity index (χ0) is 23.8. The number of methoxy groups -OCH3 is 2. The third-order valence-corrected chi connectivity index (χ3v) is 5.72. The number of carbonyl (C=O) groups excluding carboxylic acids is 1. The van der Waals surface area contributed by atoms with Crippen molar-refractivity contribution in [2.45, 2.75) is 6.04 Å². The molecule has 3 aromatic rings. The van der Waals surface area contributed by atoms with Crippen molar-refractivity contribution in [1.82, 2.24) is 15.2 Å². The summed E-state index contributed by atoms with van der Waals surface area (Å²) in [6.45, 7) is 3.35. The van der Waals surface area contributed by atoms with Gasteiger partial charge in [0.15, 0.2) is 11.5 Å². The van der Waals surface area contributed by atoms with Crippen LogP contribution in [0.25, 0.3) is 0 Å². The first-order valence-electron chi connectivity index (χ1n) is 11.2. The van der Waals surface area contributed by atoms with Crippen LogP contribution >= 0.6 is 0 Å². The molecule has 0 aliphatic carbocycles. The smallest absolute Gasteiger partial charge is 0.251 e. The molecule has 1 aliphatic rings. The molecule has 1 amide bonds. The van der Waals surface area contributed by atoms with Gasteiger partial charge in [0.25, 0.3) is 5.91 Å². The Labute approximate surface area is 199 Å². The molecule has 0 bridgehead atoms. The molecule has 8 nitrogen and oxygen atoms in total. The Hall–Kier alpha value is -3.62. The fraction of sp³-hybridized carbons (Fsp3) is 0.308. The van der Waals surface area contributed by atoms with Gasteiger partial charge in [-0.3, -0.25) is 14.7 Å². The minimum Gasteiger partial charge on any atom is -0.493 e. The summed E-state index contributed by atoms with van der Waals surface area (Å²) in [5, 5.41) is 3.09. The van der Waals surface area contributed by atoms with Gasteiger partial charge < -0.3 is 24.3 Å². The lowest BCUT2D eigenvalue weighted by Gasteiger charge is -2.35. The number of pyridine rings is 1. The minimum absolute atomic E-state index is 0.0270. The molecule has 1 fully saturated rings. The first-order chi connectivity index (χ1) is 16.7. The molecular weight excluding hydrogens is 434 g/mol. The molecular formula is C26H29N3O5. The number of aromatic nitrogens is 1. The predicted octanol–water partition coefficient (Wildman–Crippen LogP) is 3.69. The summed E-state index contributed by atoms with van der Waals surface area (Å²) < 4.78 is 22.1. The molecule has 0 spiro atoms. The summed E-state index contributed by atoms with van der Waals surface area (Å²) in [6, 6.07) is 16.5. The van der Waals surface area contributed by atoms with Crippen LogP contribution in [0.3, 0.4) is 0 Å². The van der Waals surface area contributed by atoms with E-state index in [1.807, 2.05) is 24.3 Å². The summed E-state index contributed by atoms with van der Waals surface area (Å²) in [7, 11) is 3.24. The Morgan fingerprint density at radius 2 is 1.79 bits per heavy atom. The topological polar surface area (TPSA) is 82.2 Å². The molecule has 2 aromatic carbocycles. The van der Waals surface area contributed by atoms with Crippen LogP contribution in [0, 0.1) is 0 Å². The number of hydrogen-bond acceptors (Lipinski definition) is 7. The molecule has 178 valence electrons. The highest BCUT2D eigenvalue weighted by molar-refractivity contribution is 5.94. The molecule has 0 radical (unpaired) electrons. The summed E-state index contributed by atoms with van der Waals surface area (Å²) in [4.78, 5) is 19.3. The van der Waals surface area contributed by atoms with Crippen molar-refractivity contribution in [2.24, 2.45) is 0 Å². The zero-order valence-electron chi connectivity index (χ0n) is 19.4. The summed E-state index contributed by atoms with van der Waals surface area (Å²) in [6.07, 6.45) is 3.33. The van der Waals surface area contributed by atoms with Gasteiger partial charge in [-0.15, -0.1) is 0 Å². The van der Waals surface area contributed by atoms with Gasteiger partial charge in [-0.1, -0.05) is 6.07 Å². The lowest BCUT2D eigenvalue weighted by atomic mass is 10.0. The number of ether oxygens (including phenoxy) is 4. The van der Waals surface area contributed by atoms with Crippen LogP contribution in [0.5, 0.6) is 23.0 Å². The van der Waals surface area contributed by atoms with Crippen molar-refractivity contribution in [3.05, 3.63) is 78.1 Å². The van der Waals surface area contributed by atoms with Crippen LogP contribution < -0.4 is 19.5 Å². The lowest BCUT2D eigenvalue weighted by molar-refractivity contribution is 0.0162. The molecule has 1 unspecified atom stereocenters. The maximum absolute atomic E-state index is 12.9. The van der Waals surface area contributed by atoms with Crippen LogP contribution in [0.2, 0.25) is 0 Å². The predicted molar refractivity (Wildman–Crippen MR) is 128 cm³/mol. The third-order valence-electron chi connectivity index (χ3n) is 5.72. The van der Waals surface area contributed by atoms with Crippen LogP contribution in [0.4, 0.5) is 0 Å². The highest BCUT2D eigenvalue weighted by Gasteiger charge is 2.24. The monoisotopic (exact) mass is 463 g/mol. The molecule has 2 heterocycles. The molecule has 1 aromatic heterocycles. The normalized spacial score (nSPS) is 14.8. The van der Waals surface area contributed by atoms with Crippen LogP contribution in [-0.4, -0.2) is 62.9 Å². The van der Waals surface area contributed by atoms with Gasteiger partial charge in [0.05, 0.1) is 39.7 Å². The van der Waals surface area contributed by atoms with Gasteiger partial charge in [0.2, 0.25) is 0 Å². The van der Waals surface area contributed by atoms with Gasteiger partial charge in [-0.2, -0.15) is 0 Å². The summed E-state index contributed by atoms with van der Waals surface area (Å²) in [5.74, 6) is 2.47. The van der Waals surface area contributed by atoms with Gasteiger partial charge >= 0.3 is 0 Å². The quantitative estimate of drug-likeness (QED) is 0.518. The van der Waals surface area contributed by atoms with E-state index in [-0.39, 0.29) is 11.9 Å². The van der Waals surface area contributed by atoms with Crippen molar-refractivity contribution in [3.63, 3.8) is 0 Å². The number of carbonyl (C=O) groups is 1. The van der Waals surface area contributed by atoms with Crippen molar-refractivity contribution in [2.75, 3.05) is 47.1 Å². The zero-order valence-corrected chi connectivity index (χ0v) is 19.4. The molecule has 4 rings (SSSR count). The van der Waals surface area contributed by atoms with Gasteiger partial charge in [-0.25, -0.2) is 0 Å². The van der Waals surface area contributed by atoms with Crippen LogP contribution in [0.1, 0.15) is 22.0 Å². The fourth-order valence-electron chi connectivity index (χ4n) is 3.92. The lowest BCUT2D eigenvalue weighted by Crippen LogP contribution is -2.43. The average molecular weight is 464 g/mol. The van der Waals surface area contributed by atoms with E-state index in [9.17, 15) is 4.79 Å². The maximum atomic E-state index is 12.9. The highest BCUT2D eigenvalue weighted by Crippen LogP contribution is 2.32. The van der Waals surface area contributed by atoms with E-state index in [0.717, 1.165) is 18.7 Å². The Balaban J connectivity index is 1.45. The highest BCUT2D eigenvalue weighted by atomic mass is 16.5. The number of hydrogen-bond donors (Lipinski definition) is 1. The van der Waals surface area contributed by atoms with Crippen molar-refractivity contribution in [3.8, 4) is 23.0 Å². The number of nitrogens with zero attached hydrogens (tertiary/aromatic N) is 2. The fourth-order valence-corrected chi connectivity index (χ4v) is 3.92. The number of nitrogens with one attached hydrogen (secondary N) is 1. The van der Waals surface area contributed by atoms with E-state index in [2.05, 4.69) is 15.2 Å². The Bertz CT molecular complexity index is 1070. The van der Waals surface area contributed by atoms with E-state index < -0.39 is 0 Å². The molecule has 1 aliphatic heterocycles. The van der Waals surface area contributed by atoms with Gasteiger partial charge in [0.1, 0.15) is 11.5 Å². The molecule has 8 heteroatoms. The largest absolute Gasteiger partial charge is 0.493 e. The molecule has 0 saturated carbocycles. The maximum Gasteiger partial charge on any atom is 0.251 e. The first-order valence-corrected chi connectivity index (χ1v) is 11.2. The second kappa shape index (κ2) is 11.5. The van der Waals surface area contributed by atoms with E-state index >= 15 is 0 Å². The van der Waals surface area contributed by atoms with E-state index in [0.29, 0.717) is 48.3 Å². The third kappa shape index (κ3) is 5.84. The summed E-state index contributed by atoms with van der Waals surface area (Å²) in [5.41, 5.74) is 1.60. The van der Waals surface area contributed by atoms with Crippen LogP contribution in [-0.2, 0) is 4.74 Å². The second-order valence-electron chi connectivity index (χ2n) is 7.80. The second-order valence-corrected chi connectivity index (χ2v) is 7.80. The first kappa shape index (κ1) is 23.5. The Kier molecular flexibility index (Phi) is 7.95. The molecule has 1 N–H and O–H groups in total.